The van der Waals surface area contributed by atoms with Gasteiger partial charge in [-0.1, -0.05) is 27.7 Å². The summed E-state index contributed by atoms with van der Waals surface area (Å²) in [5.74, 6) is 0.531. The first-order valence-corrected chi connectivity index (χ1v) is 6.49. The van der Waals surface area contributed by atoms with Gasteiger partial charge in [-0.05, 0) is 52.3 Å². The lowest BCUT2D eigenvalue weighted by Crippen LogP contribution is -2.08. The van der Waals surface area contributed by atoms with Crippen molar-refractivity contribution in [3.63, 3.8) is 0 Å². The number of hydrogen-bond donors (Lipinski definition) is 0. The van der Waals surface area contributed by atoms with Gasteiger partial charge in [0.05, 0.1) is 11.6 Å². The van der Waals surface area contributed by atoms with Crippen molar-refractivity contribution in [1.82, 2.24) is 0 Å². The molecule has 0 unspecified atom stereocenters. The number of carbonyl (C=O) groups is 1. The second kappa shape index (κ2) is 6.02. The molecule has 3 heteroatoms. The molecule has 1 rings (SSSR count). The predicted molar refractivity (Wildman–Crippen MR) is 73.9 cm³/mol. The molecule has 0 aliphatic carbocycles. The molecule has 18 heavy (non-hydrogen) atoms. The number of hydrogen-bond acceptors (Lipinski definition) is 2. The highest BCUT2D eigenvalue weighted by atomic mass is 35.5. The molecule has 0 fully saturated rings. The normalized spacial score (nSPS) is 10.8. The van der Waals surface area contributed by atoms with Crippen LogP contribution in [-0.4, -0.2) is 5.24 Å². The van der Waals surface area contributed by atoms with Crippen LogP contribution in [0.15, 0.2) is 12.1 Å². The molecule has 0 saturated heterocycles. The molecule has 0 bridgehead atoms. The molecular weight excluding hydrogens is 246 g/mol. The van der Waals surface area contributed by atoms with Crippen LogP contribution in [0.25, 0.3) is 0 Å². The van der Waals surface area contributed by atoms with Crippen LogP contribution in [0.1, 0.15) is 61.8 Å². The molecule has 1 aromatic carbocycles. The zero-order chi connectivity index (χ0) is 13.9. The Morgan fingerprint density at radius 3 is 1.94 bits per heavy atom. The highest BCUT2D eigenvalue weighted by Gasteiger charge is 2.17. The second-order valence-electron chi connectivity index (χ2n) is 5.09. The number of nitriles is 1. The van der Waals surface area contributed by atoms with Gasteiger partial charge < -0.3 is 0 Å². The lowest BCUT2D eigenvalue weighted by molar-refractivity contribution is -0.111. The largest absolute Gasteiger partial charge is 0.281 e. The van der Waals surface area contributed by atoms with Crippen molar-refractivity contribution < 1.29 is 4.79 Å². The lowest BCUT2D eigenvalue weighted by atomic mass is 9.85. The molecule has 0 heterocycles. The number of nitrogens with zero attached hydrogens (tertiary/aromatic N) is 1. The molecule has 0 N–H and O–H groups in total. The van der Waals surface area contributed by atoms with E-state index in [1.807, 2.05) is 12.1 Å². The molecule has 0 amide bonds. The zero-order valence-electron chi connectivity index (χ0n) is 11.2. The van der Waals surface area contributed by atoms with Gasteiger partial charge in [0.1, 0.15) is 0 Å². The van der Waals surface area contributed by atoms with Crippen LogP contribution in [-0.2, 0) is 11.2 Å². The summed E-state index contributed by atoms with van der Waals surface area (Å²) in [5, 5.41) is 8.72. The Morgan fingerprint density at radius 2 is 1.67 bits per heavy atom. The third kappa shape index (κ3) is 3.34. The van der Waals surface area contributed by atoms with Gasteiger partial charge in [-0.25, -0.2) is 0 Å². The first kappa shape index (κ1) is 14.7. The molecular formula is C15H18ClNO. The van der Waals surface area contributed by atoms with Crippen molar-refractivity contribution in [2.75, 3.05) is 0 Å². The summed E-state index contributed by atoms with van der Waals surface area (Å²) in [4.78, 5) is 11.2. The average Bonchev–Trinajstić information content (AvgIpc) is 2.27. The van der Waals surface area contributed by atoms with Crippen molar-refractivity contribution in [1.29, 1.82) is 5.26 Å². The maximum Gasteiger partial charge on any atom is 0.226 e. The van der Waals surface area contributed by atoms with E-state index in [9.17, 15) is 4.79 Å². The Balaban J connectivity index is 3.51. The molecule has 0 atom stereocenters. The fourth-order valence-electron chi connectivity index (χ4n) is 2.16. The van der Waals surface area contributed by atoms with E-state index in [4.69, 9.17) is 16.9 Å². The van der Waals surface area contributed by atoms with Crippen LogP contribution < -0.4 is 0 Å². The van der Waals surface area contributed by atoms with E-state index in [2.05, 4.69) is 33.8 Å². The van der Waals surface area contributed by atoms with Gasteiger partial charge in [-0.3, -0.25) is 4.79 Å². The Bertz CT molecular complexity index is 469. The summed E-state index contributed by atoms with van der Waals surface area (Å²) in [6.45, 7) is 8.23. The summed E-state index contributed by atoms with van der Waals surface area (Å²) < 4.78 is 0. The van der Waals surface area contributed by atoms with Gasteiger partial charge in [0.2, 0.25) is 5.24 Å². The summed E-state index contributed by atoms with van der Waals surface area (Å²) in [6, 6.07) is 5.91. The minimum absolute atomic E-state index is 0.230. The molecule has 0 aliphatic rings. The van der Waals surface area contributed by atoms with Crippen LogP contribution in [0.4, 0.5) is 0 Å². The predicted octanol–water partition coefficient (Wildman–Crippen LogP) is 4.11. The Labute approximate surface area is 114 Å². The number of rotatable bonds is 4. The topological polar surface area (TPSA) is 40.9 Å². The van der Waals surface area contributed by atoms with E-state index in [0.717, 1.165) is 16.7 Å². The summed E-state index contributed by atoms with van der Waals surface area (Å²) in [7, 11) is 0. The number of carbonyl (C=O) groups excluding carboxylic acids is 1. The number of benzene rings is 1. The first-order valence-electron chi connectivity index (χ1n) is 6.12. The minimum atomic E-state index is -0.358. The average molecular weight is 264 g/mol. The van der Waals surface area contributed by atoms with Crippen LogP contribution in [0.5, 0.6) is 0 Å². The molecule has 0 aromatic heterocycles. The van der Waals surface area contributed by atoms with Crippen LogP contribution in [0.3, 0.4) is 0 Å². The smallest absolute Gasteiger partial charge is 0.226 e. The Morgan fingerprint density at radius 1 is 1.22 bits per heavy atom. The van der Waals surface area contributed by atoms with Gasteiger partial charge in [-0.2, -0.15) is 5.26 Å². The van der Waals surface area contributed by atoms with Gasteiger partial charge >= 0.3 is 0 Å². The molecule has 0 radical (unpaired) electrons. The van der Waals surface area contributed by atoms with Gasteiger partial charge in [-0.15, -0.1) is 0 Å². The van der Waals surface area contributed by atoms with Crippen molar-refractivity contribution in [3.05, 3.63) is 34.4 Å². The van der Waals surface area contributed by atoms with Crippen molar-refractivity contribution in [3.8, 4) is 6.07 Å². The van der Waals surface area contributed by atoms with E-state index in [0.29, 0.717) is 5.56 Å². The van der Waals surface area contributed by atoms with Gasteiger partial charge in [0, 0.05) is 6.42 Å². The lowest BCUT2D eigenvalue weighted by Gasteiger charge is -2.19. The maximum absolute atomic E-state index is 11.2. The van der Waals surface area contributed by atoms with E-state index in [1.54, 1.807) is 0 Å². The second-order valence-corrected chi connectivity index (χ2v) is 5.51. The minimum Gasteiger partial charge on any atom is -0.281 e. The molecule has 0 spiro atoms. The first-order chi connectivity index (χ1) is 8.36. The molecule has 0 aliphatic heterocycles. The standard InChI is InChI=1S/C15H18ClNO/c1-9(2)12-5-11(8-17)6-13(10(3)4)14(12)7-15(16)18/h5-6,9-10H,7H2,1-4H3. The summed E-state index contributed by atoms with van der Waals surface area (Å²) in [5.41, 5.74) is 3.73. The van der Waals surface area contributed by atoms with Crippen molar-refractivity contribution >= 4 is 16.8 Å². The fraction of sp³-hybridized carbons (Fsp3) is 0.467. The van der Waals surface area contributed by atoms with E-state index in [1.165, 1.54) is 0 Å². The summed E-state index contributed by atoms with van der Waals surface area (Å²) in [6.07, 6.45) is 0.230. The Kier molecular flexibility index (Phi) is 4.93. The van der Waals surface area contributed by atoms with Crippen LogP contribution in [0, 0.1) is 11.3 Å². The third-order valence-electron chi connectivity index (χ3n) is 3.01. The highest BCUT2D eigenvalue weighted by Crippen LogP contribution is 2.30. The van der Waals surface area contributed by atoms with E-state index in [-0.39, 0.29) is 23.5 Å². The zero-order valence-corrected chi connectivity index (χ0v) is 12.0. The van der Waals surface area contributed by atoms with Crippen LogP contribution >= 0.6 is 11.6 Å². The molecule has 1 aromatic rings. The highest BCUT2D eigenvalue weighted by molar-refractivity contribution is 6.63. The molecule has 2 nitrogen and oxygen atoms in total. The van der Waals surface area contributed by atoms with Gasteiger partial charge in [0.25, 0.3) is 0 Å². The summed E-state index contributed by atoms with van der Waals surface area (Å²) >= 11 is 5.54. The third-order valence-corrected chi connectivity index (χ3v) is 3.14. The quantitative estimate of drug-likeness (QED) is 0.767. The van der Waals surface area contributed by atoms with E-state index < -0.39 is 0 Å². The van der Waals surface area contributed by atoms with Gasteiger partial charge in [0.15, 0.2) is 0 Å². The monoisotopic (exact) mass is 263 g/mol. The number of halogens is 1. The fourth-order valence-corrected chi connectivity index (χ4v) is 2.29. The van der Waals surface area contributed by atoms with Crippen molar-refractivity contribution in [2.24, 2.45) is 0 Å². The molecule has 0 saturated carbocycles. The maximum atomic E-state index is 11.2. The van der Waals surface area contributed by atoms with Crippen molar-refractivity contribution in [2.45, 2.75) is 46.0 Å². The SMILES string of the molecule is CC(C)c1cc(C#N)cc(C(C)C)c1CC(=O)Cl. The van der Waals surface area contributed by atoms with E-state index >= 15 is 0 Å². The molecule has 96 valence electrons. The van der Waals surface area contributed by atoms with Crippen LogP contribution in [0.2, 0.25) is 0 Å². The Hall–Kier alpha value is -1.33.